The second-order valence-electron chi connectivity index (χ2n) is 1.91. The highest BCUT2D eigenvalue weighted by Gasteiger charge is 1.94. The molecule has 0 atom stereocenters. The van der Waals surface area contributed by atoms with Crippen molar-refractivity contribution in [1.29, 1.82) is 0 Å². The molecule has 1 aromatic rings. The number of amides is 2. The highest BCUT2D eigenvalue weighted by Crippen LogP contribution is 1.96. The Hall–Kier alpha value is -1.82. The Morgan fingerprint density at radius 1 is 1.50 bits per heavy atom. The van der Waals surface area contributed by atoms with Crippen LogP contribution < -0.4 is 16.3 Å². The van der Waals surface area contributed by atoms with Crippen molar-refractivity contribution in [2.24, 2.45) is 0 Å². The van der Waals surface area contributed by atoms with Crippen molar-refractivity contribution >= 4 is 11.8 Å². The predicted molar refractivity (Wildman–Crippen MR) is 41.3 cm³/mol. The van der Waals surface area contributed by atoms with E-state index in [9.17, 15) is 4.79 Å². The second-order valence-corrected chi connectivity index (χ2v) is 1.91. The maximum Gasteiger partial charge on any atom is 0.357 e. The number of anilines is 1. The third-order valence-electron chi connectivity index (χ3n) is 1.07. The number of urea groups is 1. The predicted octanol–water partition coefficient (Wildman–Crippen LogP) is 0.0969. The first-order chi connectivity index (χ1) is 5.83. The molecule has 0 saturated heterocycles. The summed E-state index contributed by atoms with van der Waals surface area (Å²) in [5.74, 6) is 0.487. The van der Waals surface area contributed by atoms with Crippen LogP contribution in [0.25, 0.3) is 0 Å². The molecule has 0 bridgehead atoms. The number of nitrogens with one attached hydrogen (secondary N) is 3. The smallest absolute Gasteiger partial charge is 0.287 e. The van der Waals surface area contributed by atoms with Gasteiger partial charge < -0.3 is 0 Å². The number of nitrogens with zero attached hydrogens (tertiary/aromatic N) is 1. The van der Waals surface area contributed by atoms with E-state index in [2.05, 4.69) is 15.8 Å². The molecule has 0 aliphatic heterocycles. The van der Waals surface area contributed by atoms with Gasteiger partial charge in [0, 0.05) is 6.20 Å². The molecule has 0 aromatic carbocycles. The van der Waals surface area contributed by atoms with Gasteiger partial charge in [0.1, 0.15) is 5.82 Å². The molecule has 0 fully saturated rings. The molecule has 2 amide bonds. The molecule has 0 radical (unpaired) electrons. The number of rotatable bonds is 2. The number of hydrazine groups is 1. The van der Waals surface area contributed by atoms with Crippen molar-refractivity contribution in [3.63, 3.8) is 0 Å². The van der Waals surface area contributed by atoms with E-state index in [0.717, 1.165) is 0 Å². The maximum absolute atomic E-state index is 10.4. The Kier molecular flexibility index (Phi) is 2.86. The summed E-state index contributed by atoms with van der Waals surface area (Å²) < 4.78 is 0. The van der Waals surface area contributed by atoms with Gasteiger partial charge in [0.2, 0.25) is 0 Å². The lowest BCUT2D eigenvalue weighted by atomic mass is 10.5. The van der Waals surface area contributed by atoms with Crippen LogP contribution in [-0.2, 0) is 0 Å². The van der Waals surface area contributed by atoms with Crippen molar-refractivity contribution < 1.29 is 10.0 Å². The van der Waals surface area contributed by atoms with Gasteiger partial charge in [-0.15, -0.1) is 0 Å². The van der Waals surface area contributed by atoms with Crippen LogP contribution in [0.5, 0.6) is 0 Å². The minimum atomic E-state index is -0.749. The molecule has 4 N–H and O–H groups in total. The van der Waals surface area contributed by atoms with E-state index in [4.69, 9.17) is 5.21 Å². The fraction of sp³-hybridized carbons (Fsp3) is 0. The Morgan fingerprint density at radius 3 is 2.92 bits per heavy atom. The van der Waals surface area contributed by atoms with Crippen molar-refractivity contribution in [2.75, 3.05) is 5.43 Å². The van der Waals surface area contributed by atoms with Gasteiger partial charge in [-0.1, -0.05) is 6.07 Å². The van der Waals surface area contributed by atoms with Crippen LogP contribution in [0.15, 0.2) is 24.4 Å². The number of hydrogen-bond acceptors (Lipinski definition) is 4. The molecule has 0 aliphatic rings. The van der Waals surface area contributed by atoms with Gasteiger partial charge in [0.15, 0.2) is 0 Å². The zero-order chi connectivity index (χ0) is 8.81. The fourth-order valence-corrected chi connectivity index (χ4v) is 0.585. The van der Waals surface area contributed by atoms with Gasteiger partial charge in [0.25, 0.3) is 0 Å². The van der Waals surface area contributed by atoms with Crippen LogP contribution in [0.4, 0.5) is 10.6 Å². The fourth-order valence-electron chi connectivity index (χ4n) is 0.585. The Labute approximate surface area is 68.5 Å². The molecule has 1 rings (SSSR count). The van der Waals surface area contributed by atoms with E-state index in [1.807, 2.05) is 0 Å². The first-order valence-corrected chi connectivity index (χ1v) is 3.20. The number of hydrogen-bond donors (Lipinski definition) is 4. The number of carbonyl (C=O) groups excluding carboxylic acids is 1. The minimum Gasteiger partial charge on any atom is -0.287 e. The highest BCUT2D eigenvalue weighted by molar-refractivity contribution is 5.73. The molecular weight excluding hydrogens is 160 g/mol. The van der Waals surface area contributed by atoms with Crippen LogP contribution in [0.3, 0.4) is 0 Å². The lowest BCUT2D eigenvalue weighted by Crippen LogP contribution is -2.37. The van der Waals surface area contributed by atoms with Crippen LogP contribution in [0.2, 0.25) is 0 Å². The summed E-state index contributed by atoms with van der Waals surface area (Å²) in [5, 5.41) is 8.09. The first-order valence-electron chi connectivity index (χ1n) is 3.20. The Bertz CT molecular complexity index is 251. The summed E-state index contributed by atoms with van der Waals surface area (Å²) in [5.41, 5.74) is 5.99. The molecule has 0 aliphatic carbocycles. The summed E-state index contributed by atoms with van der Waals surface area (Å²) in [7, 11) is 0. The first kappa shape index (κ1) is 8.28. The largest absolute Gasteiger partial charge is 0.357 e. The standard InChI is InChI=1S/C6H8N4O2/c11-6(10-12)9-8-5-3-1-2-4-7-5/h1-4,12H,(H,7,8)(H2,9,10,11). The van der Waals surface area contributed by atoms with E-state index in [1.54, 1.807) is 24.4 Å². The van der Waals surface area contributed by atoms with Crippen molar-refractivity contribution in [2.45, 2.75) is 0 Å². The van der Waals surface area contributed by atoms with Gasteiger partial charge in [0.05, 0.1) is 0 Å². The number of pyridine rings is 1. The lowest BCUT2D eigenvalue weighted by molar-refractivity contribution is 0.163. The van der Waals surface area contributed by atoms with Crippen LogP contribution in [-0.4, -0.2) is 16.2 Å². The SMILES string of the molecule is O=C(NO)NNc1ccccn1. The summed E-state index contributed by atoms with van der Waals surface area (Å²) in [6, 6.07) is 4.42. The summed E-state index contributed by atoms with van der Waals surface area (Å²) in [4.78, 5) is 14.3. The topological polar surface area (TPSA) is 86.3 Å². The average Bonchev–Trinajstić information content (AvgIpc) is 2.16. The quantitative estimate of drug-likeness (QED) is 0.372. The van der Waals surface area contributed by atoms with E-state index < -0.39 is 6.03 Å². The molecule has 0 unspecified atom stereocenters. The number of hydroxylamine groups is 1. The third-order valence-corrected chi connectivity index (χ3v) is 1.07. The van der Waals surface area contributed by atoms with Crippen molar-refractivity contribution in [3.05, 3.63) is 24.4 Å². The second kappa shape index (κ2) is 4.14. The average molecular weight is 168 g/mol. The zero-order valence-corrected chi connectivity index (χ0v) is 6.11. The third kappa shape index (κ3) is 2.43. The molecule has 6 nitrogen and oxygen atoms in total. The van der Waals surface area contributed by atoms with Crippen LogP contribution in [0, 0.1) is 0 Å². The molecule has 0 spiro atoms. The zero-order valence-electron chi connectivity index (χ0n) is 6.11. The van der Waals surface area contributed by atoms with Crippen molar-refractivity contribution in [1.82, 2.24) is 15.9 Å². The van der Waals surface area contributed by atoms with E-state index in [-0.39, 0.29) is 0 Å². The van der Waals surface area contributed by atoms with Gasteiger partial charge in [-0.25, -0.2) is 20.7 Å². The van der Waals surface area contributed by atoms with E-state index >= 15 is 0 Å². The molecule has 0 saturated carbocycles. The van der Waals surface area contributed by atoms with Gasteiger partial charge in [-0.3, -0.25) is 10.6 Å². The van der Waals surface area contributed by atoms with Crippen molar-refractivity contribution in [3.8, 4) is 0 Å². The van der Waals surface area contributed by atoms with Gasteiger partial charge >= 0.3 is 6.03 Å². The van der Waals surface area contributed by atoms with Gasteiger partial charge in [-0.2, -0.15) is 0 Å². The summed E-state index contributed by atoms with van der Waals surface area (Å²) in [6.07, 6.45) is 1.57. The van der Waals surface area contributed by atoms with Crippen LogP contribution in [0.1, 0.15) is 0 Å². The Morgan fingerprint density at radius 2 is 2.33 bits per heavy atom. The molecule has 12 heavy (non-hydrogen) atoms. The summed E-state index contributed by atoms with van der Waals surface area (Å²) >= 11 is 0. The van der Waals surface area contributed by atoms with E-state index in [0.29, 0.717) is 5.82 Å². The van der Waals surface area contributed by atoms with Crippen LogP contribution >= 0.6 is 0 Å². The molecule has 64 valence electrons. The normalized spacial score (nSPS) is 8.75. The highest BCUT2D eigenvalue weighted by atomic mass is 16.5. The molecule has 1 heterocycles. The minimum absolute atomic E-state index is 0.487. The number of aromatic nitrogens is 1. The van der Waals surface area contributed by atoms with E-state index in [1.165, 1.54) is 5.48 Å². The number of carbonyl (C=O) groups is 1. The summed E-state index contributed by atoms with van der Waals surface area (Å²) in [6.45, 7) is 0. The monoisotopic (exact) mass is 168 g/mol. The Balaban J connectivity index is 2.38. The maximum atomic E-state index is 10.4. The van der Waals surface area contributed by atoms with Gasteiger partial charge in [-0.05, 0) is 12.1 Å². The lowest BCUT2D eigenvalue weighted by Gasteiger charge is -2.04. The molecule has 1 aromatic heterocycles. The molecular formula is C6H8N4O2. The molecule has 6 heteroatoms.